The summed E-state index contributed by atoms with van der Waals surface area (Å²) in [4.78, 5) is 26.4. The van der Waals surface area contributed by atoms with E-state index in [1.165, 1.54) is 11.3 Å². The van der Waals surface area contributed by atoms with Gasteiger partial charge in [0.1, 0.15) is 6.54 Å². The van der Waals surface area contributed by atoms with Crippen LogP contribution in [0.1, 0.15) is 35.0 Å². The molecule has 0 unspecified atom stereocenters. The summed E-state index contributed by atoms with van der Waals surface area (Å²) in [7, 11) is 0. The van der Waals surface area contributed by atoms with Crippen molar-refractivity contribution in [1.29, 1.82) is 0 Å². The van der Waals surface area contributed by atoms with E-state index in [1.54, 1.807) is 11.8 Å². The van der Waals surface area contributed by atoms with E-state index in [4.69, 9.17) is 4.74 Å². The first kappa shape index (κ1) is 13.1. The summed E-state index contributed by atoms with van der Waals surface area (Å²) in [6.45, 7) is 2.82. The molecule has 102 valence electrons. The lowest BCUT2D eigenvalue weighted by molar-refractivity contribution is -0.143. The highest BCUT2D eigenvalue weighted by atomic mass is 79.9. The Morgan fingerprint density at radius 1 is 1.58 bits per heavy atom. The average Bonchev–Trinajstić information content (AvgIpc) is 3.00. The zero-order valence-electron chi connectivity index (χ0n) is 10.6. The maximum absolute atomic E-state index is 12.4. The molecule has 1 aliphatic heterocycles. The van der Waals surface area contributed by atoms with Crippen molar-refractivity contribution in [2.24, 2.45) is 0 Å². The van der Waals surface area contributed by atoms with Crippen molar-refractivity contribution >= 4 is 39.1 Å². The van der Waals surface area contributed by atoms with E-state index in [0.29, 0.717) is 13.2 Å². The largest absolute Gasteiger partial charge is 0.465 e. The topological polar surface area (TPSA) is 46.6 Å². The number of rotatable bonds is 3. The van der Waals surface area contributed by atoms with Gasteiger partial charge in [-0.1, -0.05) is 0 Å². The Morgan fingerprint density at radius 2 is 2.32 bits per heavy atom. The van der Waals surface area contributed by atoms with Gasteiger partial charge in [-0.05, 0) is 47.3 Å². The molecule has 0 bridgehead atoms. The fourth-order valence-electron chi connectivity index (χ4n) is 2.65. The minimum absolute atomic E-state index is 0.0451. The molecule has 1 aliphatic carbocycles. The van der Waals surface area contributed by atoms with Gasteiger partial charge in [0, 0.05) is 12.0 Å². The second kappa shape index (κ2) is 4.59. The van der Waals surface area contributed by atoms with Gasteiger partial charge in [-0.3, -0.25) is 9.59 Å². The Kier molecular flexibility index (Phi) is 3.17. The first-order valence-corrected chi connectivity index (χ1v) is 7.91. The normalized spacial score (nSPS) is 19.5. The van der Waals surface area contributed by atoms with Crippen molar-refractivity contribution in [1.82, 2.24) is 4.90 Å². The zero-order valence-corrected chi connectivity index (χ0v) is 13.0. The number of halogens is 1. The third-order valence-corrected chi connectivity index (χ3v) is 5.35. The molecule has 4 nitrogen and oxygen atoms in total. The van der Waals surface area contributed by atoms with Crippen molar-refractivity contribution in [3.8, 4) is 0 Å². The number of hydrogen-bond donors (Lipinski definition) is 0. The second-order valence-electron chi connectivity index (χ2n) is 5.04. The van der Waals surface area contributed by atoms with Crippen molar-refractivity contribution in [2.45, 2.75) is 25.2 Å². The van der Waals surface area contributed by atoms with Crippen molar-refractivity contribution in [2.75, 3.05) is 19.7 Å². The molecule has 2 heterocycles. The van der Waals surface area contributed by atoms with Crippen LogP contribution in [-0.4, -0.2) is 36.5 Å². The Bertz CT molecular complexity index is 550. The zero-order chi connectivity index (χ0) is 13.6. The van der Waals surface area contributed by atoms with Crippen molar-refractivity contribution in [3.63, 3.8) is 0 Å². The molecule has 0 aromatic carbocycles. The summed E-state index contributed by atoms with van der Waals surface area (Å²) in [5, 5.41) is 0. The molecule has 2 aliphatic rings. The fraction of sp³-hybridized carbons (Fsp3) is 0.538. The molecular weight excluding hydrogens is 330 g/mol. The van der Waals surface area contributed by atoms with Gasteiger partial charge in [-0.15, -0.1) is 11.3 Å². The summed E-state index contributed by atoms with van der Waals surface area (Å²) in [5.74, 6) is -0.373. The van der Waals surface area contributed by atoms with E-state index in [9.17, 15) is 9.59 Å². The van der Waals surface area contributed by atoms with E-state index in [0.717, 1.165) is 27.1 Å². The summed E-state index contributed by atoms with van der Waals surface area (Å²) in [6.07, 6.45) is 2.19. The fourth-order valence-corrected chi connectivity index (χ4v) is 4.34. The first-order chi connectivity index (χ1) is 9.05. The molecule has 3 rings (SSSR count). The second-order valence-corrected chi connectivity index (χ2v) is 7.47. The lowest BCUT2D eigenvalue weighted by atomic mass is 9.92. The molecular formula is C13H14BrNO3S. The molecule has 0 atom stereocenters. The van der Waals surface area contributed by atoms with E-state index in [-0.39, 0.29) is 23.8 Å². The maximum atomic E-state index is 12.4. The smallest absolute Gasteiger partial charge is 0.325 e. The SMILES string of the molecule is CCOC(=O)CN1CC2(CC2)c2cc(Br)sc2C1=O. The van der Waals surface area contributed by atoms with Gasteiger partial charge >= 0.3 is 5.97 Å². The molecule has 6 heteroatoms. The first-order valence-electron chi connectivity index (χ1n) is 6.30. The third kappa shape index (κ3) is 2.21. The predicted octanol–water partition coefficient (Wildman–Crippen LogP) is 2.56. The molecule has 1 aromatic heterocycles. The van der Waals surface area contributed by atoms with Crippen LogP contribution in [0.5, 0.6) is 0 Å². The highest BCUT2D eigenvalue weighted by Gasteiger charge is 2.52. The summed E-state index contributed by atoms with van der Waals surface area (Å²) >= 11 is 4.91. The van der Waals surface area contributed by atoms with Gasteiger partial charge in [0.05, 0.1) is 15.3 Å². The summed E-state index contributed by atoms with van der Waals surface area (Å²) < 4.78 is 5.92. The highest BCUT2D eigenvalue weighted by molar-refractivity contribution is 9.11. The minimum Gasteiger partial charge on any atom is -0.465 e. The number of amides is 1. The summed E-state index contributed by atoms with van der Waals surface area (Å²) in [6, 6.07) is 2.06. The molecule has 0 N–H and O–H groups in total. The van der Waals surface area contributed by atoms with E-state index in [2.05, 4.69) is 22.0 Å². The van der Waals surface area contributed by atoms with Crippen LogP contribution in [0.15, 0.2) is 9.85 Å². The van der Waals surface area contributed by atoms with Crippen molar-refractivity contribution < 1.29 is 14.3 Å². The van der Waals surface area contributed by atoms with E-state index in [1.807, 2.05) is 0 Å². The Labute approximate surface area is 123 Å². The Hall–Kier alpha value is -0.880. The number of esters is 1. The highest BCUT2D eigenvalue weighted by Crippen LogP contribution is 2.54. The van der Waals surface area contributed by atoms with Crippen molar-refractivity contribution in [3.05, 3.63) is 20.3 Å². The van der Waals surface area contributed by atoms with Gasteiger partial charge in [-0.25, -0.2) is 0 Å². The lowest BCUT2D eigenvalue weighted by Crippen LogP contribution is -2.45. The number of carbonyl (C=O) groups is 2. The maximum Gasteiger partial charge on any atom is 0.325 e. The Balaban J connectivity index is 1.87. The quantitative estimate of drug-likeness (QED) is 0.792. The molecule has 1 fully saturated rings. The predicted molar refractivity (Wildman–Crippen MR) is 75.5 cm³/mol. The summed E-state index contributed by atoms with van der Waals surface area (Å²) in [5.41, 5.74) is 1.26. The van der Waals surface area contributed by atoms with E-state index >= 15 is 0 Å². The van der Waals surface area contributed by atoms with E-state index < -0.39 is 0 Å². The van der Waals surface area contributed by atoms with Crippen LogP contribution in [0.25, 0.3) is 0 Å². The average molecular weight is 344 g/mol. The van der Waals surface area contributed by atoms with Crippen LogP contribution in [0, 0.1) is 0 Å². The number of nitrogens with zero attached hydrogens (tertiary/aromatic N) is 1. The van der Waals surface area contributed by atoms with Crippen LogP contribution in [0.2, 0.25) is 0 Å². The molecule has 19 heavy (non-hydrogen) atoms. The lowest BCUT2D eigenvalue weighted by Gasteiger charge is -2.32. The van der Waals surface area contributed by atoms with Crippen LogP contribution in [-0.2, 0) is 14.9 Å². The number of thiophene rings is 1. The van der Waals surface area contributed by atoms with Gasteiger partial charge in [0.15, 0.2) is 0 Å². The van der Waals surface area contributed by atoms with Gasteiger partial charge in [0.2, 0.25) is 0 Å². The molecule has 1 spiro atoms. The number of carbonyl (C=O) groups excluding carboxylic acids is 2. The Morgan fingerprint density at radius 3 is 2.95 bits per heavy atom. The number of fused-ring (bicyclic) bond motifs is 2. The molecule has 0 radical (unpaired) electrons. The van der Waals surface area contributed by atoms with Gasteiger partial charge < -0.3 is 9.64 Å². The number of ether oxygens (including phenoxy) is 1. The van der Waals surface area contributed by atoms with Crippen LogP contribution in [0.4, 0.5) is 0 Å². The monoisotopic (exact) mass is 343 g/mol. The molecule has 1 saturated carbocycles. The number of hydrogen-bond acceptors (Lipinski definition) is 4. The van der Waals surface area contributed by atoms with Crippen LogP contribution < -0.4 is 0 Å². The molecule has 1 aromatic rings. The minimum atomic E-state index is -0.328. The van der Waals surface area contributed by atoms with Gasteiger partial charge in [0.25, 0.3) is 5.91 Å². The van der Waals surface area contributed by atoms with Crippen LogP contribution in [0.3, 0.4) is 0 Å². The van der Waals surface area contributed by atoms with Crippen LogP contribution >= 0.6 is 27.3 Å². The molecule has 0 saturated heterocycles. The standard InChI is InChI=1S/C13H14BrNO3S/c1-2-18-10(16)6-15-7-13(3-4-13)8-5-9(14)19-11(8)12(15)17/h5H,2-4,6-7H2,1H3. The third-order valence-electron chi connectivity index (χ3n) is 3.73. The molecule has 1 amide bonds. The van der Waals surface area contributed by atoms with Gasteiger partial charge in [-0.2, -0.15) is 0 Å².